The summed E-state index contributed by atoms with van der Waals surface area (Å²) in [5.74, 6) is -0.296. The number of anilines is 1. The lowest BCUT2D eigenvalue weighted by Crippen LogP contribution is -2.31. The molecule has 120 valence electrons. The van der Waals surface area contributed by atoms with Crippen molar-refractivity contribution in [2.75, 3.05) is 30.4 Å². The number of sulfonamides is 1. The smallest absolute Gasteiger partial charge is 0.441 e. The first kappa shape index (κ1) is 17.9. The number of ether oxygens (including phenoxy) is 1. The van der Waals surface area contributed by atoms with Crippen LogP contribution >= 0.6 is 11.8 Å². The van der Waals surface area contributed by atoms with E-state index in [4.69, 9.17) is 10.5 Å². The third kappa shape index (κ3) is 8.68. The summed E-state index contributed by atoms with van der Waals surface area (Å²) in [5, 5.41) is 0. The van der Waals surface area contributed by atoms with Crippen molar-refractivity contribution in [3.05, 3.63) is 24.3 Å². The van der Waals surface area contributed by atoms with Crippen molar-refractivity contribution < 1.29 is 26.3 Å². The van der Waals surface area contributed by atoms with Crippen LogP contribution in [0.5, 0.6) is 5.75 Å². The number of rotatable bonds is 8. The van der Waals surface area contributed by atoms with Gasteiger partial charge in [0.1, 0.15) is 12.4 Å². The number of thioether (sulfide) groups is 1. The fraction of sp³-hybridized carbons (Fsp3) is 0.455. The molecule has 0 aliphatic heterocycles. The molecule has 0 radical (unpaired) electrons. The molecule has 0 aliphatic carbocycles. The molecule has 0 unspecified atom stereocenters. The summed E-state index contributed by atoms with van der Waals surface area (Å²) in [5.41, 5.74) is 1.65. The lowest BCUT2D eigenvalue weighted by Gasteiger charge is -2.09. The van der Waals surface area contributed by atoms with Crippen molar-refractivity contribution in [1.29, 1.82) is 0 Å². The number of nitrogens with two attached hydrogens (primary N) is 1. The van der Waals surface area contributed by atoms with Gasteiger partial charge in [0.2, 0.25) is 10.0 Å². The maximum atomic E-state index is 11.9. The van der Waals surface area contributed by atoms with Gasteiger partial charge in [0.25, 0.3) is 0 Å². The minimum atomic E-state index is -4.36. The average molecular weight is 344 g/mol. The molecule has 1 rings (SSSR count). The highest BCUT2D eigenvalue weighted by molar-refractivity contribution is 8.00. The second-order valence-corrected chi connectivity index (χ2v) is 7.01. The lowest BCUT2D eigenvalue weighted by molar-refractivity contribution is -0.0327. The molecule has 0 saturated carbocycles. The summed E-state index contributed by atoms with van der Waals surface area (Å²) in [6.45, 7) is -0.407. The molecule has 3 N–H and O–H groups in total. The zero-order valence-corrected chi connectivity index (χ0v) is 12.5. The molecular weight excluding hydrogens is 329 g/mol. The number of alkyl halides is 3. The van der Waals surface area contributed by atoms with Crippen LogP contribution in [-0.4, -0.2) is 38.6 Å². The zero-order chi connectivity index (χ0) is 15.9. The molecular formula is C11H15F3N2O3S2. The number of nitrogen functional groups attached to an aromatic ring is 1. The van der Waals surface area contributed by atoms with Crippen molar-refractivity contribution in [3.63, 3.8) is 0 Å². The van der Waals surface area contributed by atoms with E-state index >= 15 is 0 Å². The topological polar surface area (TPSA) is 81.4 Å². The van der Waals surface area contributed by atoms with Gasteiger partial charge in [-0.3, -0.25) is 0 Å². The van der Waals surface area contributed by atoms with Crippen LogP contribution in [0.4, 0.5) is 18.9 Å². The molecule has 1 aromatic rings. The molecule has 0 spiro atoms. The van der Waals surface area contributed by atoms with E-state index < -0.39 is 15.5 Å². The molecule has 0 bridgehead atoms. The zero-order valence-electron chi connectivity index (χ0n) is 10.9. The van der Waals surface area contributed by atoms with E-state index in [2.05, 4.69) is 4.72 Å². The molecule has 21 heavy (non-hydrogen) atoms. The molecule has 0 aromatic heterocycles. The van der Waals surface area contributed by atoms with Gasteiger partial charge in [-0.25, -0.2) is 13.1 Å². The van der Waals surface area contributed by atoms with Crippen LogP contribution in [0.2, 0.25) is 0 Å². The van der Waals surface area contributed by atoms with Crippen molar-refractivity contribution in [2.24, 2.45) is 0 Å². The van der Waals surface area contributed by atoms with Crippen LogP contribution in [0, 0.1) is 0 Å². The van der Waals surface area contributed by atoms with Crippen molar-refractivity contribution in [2.45, 2.75) is 5.51 Å². The van der Waals surface area contributed by atoms with E-state index in [1.807, 2.05) is 0 Å². The second kappa shape index (κ2) is 7.76. The monoisotopic (exact) mass is 344 g/mol. The number of benzene rings is 1. The van der Waals surface area contributed by atoms with Gasteiger partial charge in [-0.05, 0) is 23.9 Å². The van der Waals surface area contributed by atoms with Gasteiger partial charge in [0, 0.05) is 24.1 Å². The summed E-state index contributed by atoms with van der Waals surface area (Å²) >= 11 is -0.276. The highest BCUT2D eigenvalue weighted by Crippen LogP contribution is 2.29. The fourth-order valence-corrected chi connectivity index (χ4v) is 2.73. The Kier molecular flexibility index (Phi) is 6.62. The van der Waals surface area contributed by atoms with Gasteiger partial charge >= 0.3 is 5.51 Å². The average Bonchev–Trinajstić information content (AvgIpc) is 2.33. The van der Waals surface area contributed by atoms with E-state index in [0.717, 1.165) is 0 Å². The van der Waals surface area contributed by atoms with Crippen molar-refractivity contribution >= 4 is 27.5 Å². The van der Waals surface area contributed by atoms with E-state index in [9.17, 15) is 21.6 Å². The maximum Gasteiger partial charge on any atom is 0.441 e. The van der Waals surface area contributed by atoms with E-state index in [1.54, 1.807) is 24.3 Å². The van der Waals surface area contributed by atoms with Crippen LogP contribution in [0.15, 0.2) is 24.3 Å². The summed E-state index contributed by atoms with van der Waals surface area (Å²) in [7, 11) is -3.67. The lowest BCUT2D eigenvalue weighted by atomic mass is 10.3. The van der Waals surface area contributed by atoms with Crippen LogP contribution in [0.25, 0.3) is 0 Å². The van der Waals surface area contributed by atoms with Gasteiger partial charge in [0.05, 0.1) is 5.75 Å². The normalized spacial score (nSPS) is 12.3. The molecule has 0 fully saturated rings. The predicted molar refractivity (Wildman–Crippen MR) is 76.7 cm³/mol. The van der Waals surface area contributed by atoms with Gasteiger partial charge in [-0.1, -0.05) is 6.07 Å². The van der Waals surface area contributed by atoms with Crippen LogP contribution < -0.4 is 15.2 Å². The molecule has 0 saturated heterocycles. The Morgan fingerprint density at radius 2 is 2.05 bits per heavy atom. The van der Waals surface area contributed by atoms with Gasteiger partial charge < -0.3 is 10.5 Å². The summed E-state index contributed by atoms with van der Waals surface area (Å²) in [6, 6.07) is 6.48. The Morgan fingerprint density at radius 3 is 2.67 bits per heavy atom. The molecule has 0 heterocycles. The molecule has 0 amide bonds. The Morgan fingerprint density at radius 1 is 1.33 bits per heavy atom. The number of halogens is 3. The summed E-state index contributed by atoms with van der Waals surface area (Å²) in [4.78, 5) is 0. The van der Waals surface area contributed by atoms with Crippen molar-refractivity contribution in [3.8, 4) is 5.75 Å². The molecule has 10 heteroatoms. The quantitative estimate of drug-likeness (QED) is 0.555. The minimum Gasteiger partial charge on any atom is -0.492 e. The van der Waals surface area contributed by atoms with Crippen LogP contribution in [0.1, 0.15) is 0 Å². The summed E-state index contributed by atoms with van der Waals surface area (Å²) < 4.78 is 65.8. The Balaban J connectivity index is 2.27. The minimum absolute atomic E-state index is 0.120. The Bertz CT molecular complexity index is 550. The first-order chi connectivity index (χ1) is 9.68. The van der Waals surface area contributed by atoms with Gasteiger partial charge in [-0.2, -0.15) is 13.2 Å². The van der Waals surface area contributed by atoms with E-state index in [0.29, 0.717) is 11.4 Å². The van der Waals surface area contributed by atoms with Gasteiger partial charge in [0.15, 0.2) is 0 Å². The Hall–Kier alpha value is -1.13. The number of hydrogen-bond acceptors (Lipinski definition) is 5. The van der Waals surface area contributed by atoms with Crippen LogP contribution in [0.3, 0.4) is 0 Å². The number of hydrogen-bond donors (Lipinski definition) is 2. The Labute approximate surface area is 125 Å². The van der Waals surface area contributed by atoms with Crippen LogP contribution in [-0.2, 0) is 10.0 Å². The SMILES string of the molecule is Nc1cccc(OCCS(=O)(=O)NCCSC(F)(F)F)c1. The molecule has 0 atom stereocenters. The van der Waals surface area contributed by atoms with E-state index in [-0.39, 0.29) is 36.4 Å². The largest absolute Gasteiger partial charge is 0.492 e. The first-order valence-corrected chi connectivity index (χ1v) is 8.48. The fourth-order valence-electron chi connectivity index (χ4n) is 1.31. The van der Waals surface area contributed by atoms with Gasteiger partial charge in [-0.15, -0.1) is 0 Å². The third-order valence-electron chi connectivity index (χ3n) is 2.17. The van der Waals surface area contributed by atoms with Crippen molar-refractivity contribution in [1.82, 2.24) is 4.72 Å². The highest BCUT2D eigenvalue weighted by atomic mass is 32.2. The highest BCUT2D eigenvalue weighted by Gasteiger charge is 2.27. The summed E-state index contributed by atoms with van der Waals surface area (Å²) in [6.07, 6.45) is 0. The number of nitrogens with one attached hydrogen (secondary N) is 1. The first-order valence-electron chi connectivity index (χ1n) is 5.84. The second-order valence-electron chi connectivity index (χ2n) is 3.93. The molecule has 5 nitrogen and oxygen atoms in total. The predicted octanol–water partition coefficient (Wildman–Crippen LogP) is 1.82. The third-order valence-corrected chi connectivity index (χ3v) is 4.25. The molecule has 1 aromatic carbocycles. The molecule has 0 aliphatic rings. The van der Waals surface area contributed by atoms with E-state index in [1.165, 1.54) is 0 Å². The maximum absolute atomic E-state index is 11.9. The standard InChI is InChI=1S/C11H15F3N2O3S2/c12-11(13,14)20-6-4-16-21(17,18)7-5-19-10-3-1-2-9(15)8-10/h1-3,8,16H,4-7,15H2.